The van der Waals surface area contributed by atoms with Crippen LogP contribution in [0.25, 0.3) is 10.6 Å². The van der Waals surface area contributed by atoms with Gasteiger partial charge >= 0.3 is 0 Å². The minimum Gasteiger partial charge on any atom is -0.192 e. The predicted molar refractivity (Wildman–Crippen MR) is 64.5 cm³/mol. The third-order valence-electron chi connectivity index (χ3n) is 2.41. The van der Waals surface area contributed by atoms with E-state index >= 15 is 0 Å². The van der Waals surface area contributed by atoms with Gasteiger partial charge in [-0.3, -0.25) is 0 Å². The largest absolute Gasteiger partial charge is 0.192 e. The second kappa shape index (κ2) is 4.20. The van der Waals surface area contributed by atoms with Gasteiger partial charge < -0.3 is 0 Å². The summed E-state index contributed by atoms with van der Waals surface area (Å²) in [6.07, 6.45) is 0. The zero-order chi connectivity index (χ0) is 11.7. The molecular formula is C11H8ClN3S. The van der Waals surface area contributed by atoms with Gasteiger partial charge in [0.25, 0.3) is 0 Å². The molecule has 2 rings (SSSR count). The van der Waals surface area contributed by atoms with Gasteiger partial charge in [0.2, 0.25) is 0 Å². The van der Waals surface area contributed by atoms with Crippen LogP contribution in [0.3, 0.4) is 0 Å². The number of hydrogen-bond acceptors (Lipinski definition) is 4. The highest BCUT2D eigenvalue weighted by molar-refractivity contribution is 7.16. The molecule has 0 fully saturated rings. The van der Waals surface area contributed by atoms with E-state index in [1.54, 1.807) is 6.07 Å². The summed E-state index contributed by atoms with van der Waals surface area (Å²) in [6, 6.07) is 5.77. The molecule has 0 spiro atoms. The fraction of sp³-hybridized carbons (Fsp3) is 0.182. The molecule has 0 saturated carbocycles. The van der Waals surface area contributed by atoms with E-state index in [-0.39, 0.29) is 0 Å². The number of thiophene rings is 1. The van der Waals surface area contributed by atoms with Crippen LogP contribution in [0.15, 0.2) is 12.1 Å². The summed E-state index contributed by atoms with van der Waals surface area (Å²) in [4.78, 5) is 1.62. The lowest BCUT2D eigenvalue weighted by atomic mass is 10.1. The molecule has 2 aromatic heterocycles. The lowest BCUT2D eigenvalue weighted by Gasteiger charge is -2.05. The molecule has 0 atom stereocenters. The molecule has 5 heteroatoms. The van der Waals surface area contributed by atoms with Crippen LogP contribution in [0.4, 0.5) is 0 Å². The van der Waals surface area contributed by atoms with Crippen LogP contribution >= 0.6 is 22.9 Å². The van der Waals surface area contributed by atoms with Crippen LogP contribution in [0.5, 0.6) is 0 Å². The molecule has 80 valence electrons. The lowest BCUT2D eigenvalue weighted by molar-refractivity contribution is 1.01. The van der Waals surface area contributed by atoms with Crippen molar-refractivity contribution in [3.05, 3.63) is 33.3 Å². The average molecular weight is 250 g/mol. The van der Waals surface area contributed by atoms with Crippen LogP contribution in [0.2, 0.25) is 5.15 Å². The van der Waals surface area contributed by atoms with Crippen molar-refractivity contribution in [2.75, 3.05) is 0 Å². The Balaban J connectivity index is 2.57. The standard InChI is InChI=1S/C11H8ClN3S/c1-6-7(2)11(12)15-14-10(6)9-4-3-8(5-13)16-9/h3-4H,1-2H3. The fourth-order valence-electron chi connectivity index (χ4n) is 1.34. The highest BCUT2D eigenvalue weighted by Crippen LogP contribution is 2.30. The van der Waals surface area contributed by atoms with Crippen molar-refractivity contribution in [1.82, 2.24) is 10.2 Å². The van der Waals surface area contributed by atoms with Crippen molar-refractivity contribution >= 4 is 22.9 Å². The molecule has 2 heterocycles. The van der Waals surface area contributed by atoms with E-state index in [1.807, 2.05) is 19.9 Å². The minimum absolute atomic E-state index is 0.429. The molecule has 3 nitrogen and oxygen atoms in total. The van der Waals surface area contributed by atoms with E-state index in [2.05, 4.69) is 16.3 Å². The van der Waals surface area contributed by atoms with E-state index < -0.39 is 0 Å². The highest BCUT2D eigenvalue weighted by atomic mass is 35.5. The van der Waals surface area contributed by atoms with E-state index in [1.165, 1.54) is 11.3 Å². The Morgan fingerprint density at radius 2 is 2.00 bits per heavy atom. The quantitative estimate of drug-likeness (QED) is 0.779. The van der Waals surface area contributed by atoms with Gasteiger partial charge in [0.05, 0.1) is 4.88 Å². The molecule has 0 saturated heterocycles. The van der Waals surface area contributed by atoms with E-state index in [0.717, 1.165) is 21.7 Å². The predicted octanol–water partition coefficient (Wildman–Crippen LogP) is 3.35. The maximum Gasteiger partial charge on any atom is 0.154 e. The van der Waals surface area contributed by atoms with Crippen molar-refractivity contribution in [2.24, 2.45) is 0 Å². The number of halogens is 1. The van der Waals surface area contributed by atoms with Gasteiger partial charge in [-0.05, 0) is 37.1 Å². The van der Waals surface area contributed by atoms with Crippen molar-refractivity contribution in [1.29, 1.82) is 5.26 Å². The van der Waals surface area contributed by atoms with Gasteiger partial charge in [0, 0.05) is 0 Å². The average Bonchev–Trinajstić information content (AvgIpc) is 2.74. The van der Waals surface area contributed by atoms with Crippen LogP contribution in [0.1, 0.15) is 16.0 Å². The Bertz CT molecular complexity index is 583. The molecule has 0 unspecified atom stereocenters. The molecule has 0 amide bonds. The van der Waals surface area contributed by atoms with Crippen LogP contribution < -0.4 is 0 Å². The Morgan fingerprint density at radius 3 is 2.62 bits per heavy atom. The fourth-order valence-corrected chi connectivity index (χ4v) is 2.36. The second-order valence-corrected chi connectivity index (χ2v) is 4.81. The molecule has 0 bridgehead atoms. The molecule has 0 aliphatic heterocycles. The maximum absolute atomic E-state index is 8.77. The van der Waals surface area contributed by atoms with Crippen molar-refractivity contribution < 1.29 is 0 Å². The van der Waals surface area contributed by atoms with Gasteiger partial charge in [0.1, 0.15) is 16.6 Å². The minimum atomic E-state index is 0.429. The third-order valence-corrected chi connectivity index (χ3v) is 3.77. The van der Waals surface area contributed by atoms with Crippen molar-refractivity contribution in [3.63, 3.8) is 0 Å². The van der Waals surface area contributed by atoms with Crippen LogP contribution in [-0.4, -0.2) is 10.2 Å². The normalized spacial score (nSPS) is 10.1. The number of nitriles is 1. The van der Waals surface area contributed by atoms with E-state index in [9.17, 15) is 0 Å². The summed E-state index contributed by atoms with van der Waals surface area (Å²) in [5, 5.41) is 17.2. The molecule has 0 aliphatic carbocycles. The summed E-state index contributed by atoms with van der Waals surface area (Å²) < 4.78 is 0. The zero-order valence-electron chi connectivity index (χ0n) is 8.78. The Labute approximate surface area is 102 Å². The molecule has 0 N–H and O–H groups in total. The summed E-state index contributed by atoms with van der Waals surface area (Å²) in [6.45, 7) is 3.87. The number of aromatic nitrogens is 2. The van der Waals surface area contributed by atoms with Crippen molar-refractivity contribution in [3.8, 4) is 16.6 Å². The van der Waals surface area contributed by atoms with E-state index in [4.69, 9.17) is 16.9 Å². The first kappa shape index (κ1) is 11.1. The zero-order valence-corrected chi connectivity index (χ0v) is 10.4. The van der Waals surface area contributed by atoms with Crippen LogP contribution in [0, 0.1) is 25.2 Å². The van der Waals surface area contributed by atoms with Gasteiger partial charge in [-0.1, -0.05) is 11.6 Å². The molecule has 0 radical (unpaired) electrons. The first-order valence-electron chi connectivity index (χ1n) is 4.63. The third kappa shape index (κ3) is 1.80. The molecule has 2 aromatic rings. The van der Waals surface area contributed by atoms with Gasteiger partial charge in [-0.25, -0.2) is 0 Å². The topological polar surface area (TPSA) is 49.6 Å². The molecule has 16 heavy (non-hydrogen) atoms. The number of rotatable bonds is 1. The smallest absolute Gasteiger partial charge is 0.154 e. The van der Waals surface area contributed by atoms with Crippen molar-refractivity contribution in [2.45, 2.75) is 13.8 Å². The summed E-state index contributed by atoms with van der Waals surface area (Å²) >= 11 is 7.29. The SMILES string of the molecule is Cc1c(Cl)nnc(-c2ccc(C#N)s2)c1C. The summed E-state index contributed by atoms with van der Waals surface area (Å²) in [5.41, 5.74) is 2.73. The first-order valence-corrected chi connectivity index (χ1v) is 5.82. The molecular weight excluding hydrogens is 242 g/mol. The van der Waals surface area contributed by atoms with Gasteiger partial charge in [-0.2, -0.15) is 5.26 Å². The second-order valence-electron chi connectivity index (χ2n) is 3.37. The monoisotopic (exact) mass is 249 g/mol. The first-order chi connectivity index (χ1) is 7.63. The molecule has 0 aliphatic rings. The summed E-state index contributed by atoms with van der Waals surface area (Å²) in [5.74, 6) is 0. The highest BCUT2D eigenvalue weighted by Gasteiger charge is 2.11. The lowest BCUT2D eigenvalue weighted by Crippen LogP contribution is -1.95. The van der Waals surface area contributed by atoms with Gasteiger partial charge in [-0.15, -0.1) is 21.5 Å². The van der Waals surface area contributed by atoms with Gasteiger partial charge in [0.15, 0.2) is 5.15 Å². The van der Waals surface area contributed by atoms with Crippen LogP contribution in [-0.2, 0) is 0 Å². The van der Waals surface area contributed by atoms with E-state index in [0.29, 0.717) is 10.0 Å². The number of nitrogens with zero attached hydrogens (tertiary/aromatic N) is 3. The Hall–Kier alpha value is -1.44. The Kier molecular flexibility index (Phi) is 2.90. The maximum atomic E-state index is 8.77. The number of hydrogen-bond donors (Lipinski definition) is 0. The summed E-state index contributed by atoms with van der Waals surface area (Å²) in [7, 11) is 0. The molecule has 0 aromatic carbocycles. The Morgan fingerprint density at radius 1 is 1.25 bits per heavy atom.